The molecule has 2 bridgehead atoms. The molecule has 1 saturated carbocycles. The number of nitrogens with zero attached hydrogens (tertiary/aromatic N) is 1. The van der Waals surface area contributed by atoms with Crippen molar-refractivity contribution in [3.8, 4) is 0 Å². The number of likely N-dealkylation sites (tertiary alicyclic amines) is 1. The Labute approximate surface area is 144 Å². The highest BCUT2D eigenvalue weighted by Crippen LogP contribution is 2.59. The van der Waals surface area contributed by atoms with Gasteiger partial charge in [-0.2, -0.15) is 0 Å². The summed E-state index contributed by atoms with van der Waals surface area (Å²) in [6.07, 6.45) is 5.20. The van der Waals surface area contributed by atoms with Crippen molar-refractivity contribution in [2.75, 3.05) is 6.54 Å². The van der Waals surface area contributed by atoms with Crippen LogP contribution in [0.1, 0.15) is 53.9 Å². The van der Waals surface area contributed by atoms with Crippen LogP contribution in [0.4, 0.5) is 0 Å². The molecule has 0 aromatic heterocycles. The van der Waals surface area contributed by atoms with E-state index in [1.54, 1.807) is 4.90 Å². The van der Waals surface area contributed by atoms with Gasteiger partial charge in [-0.05, 0) is 49.4 Å². The number of hydrogen-bond acceptors (Lipinski definition) is 3. The highest BCUT2D eigenvalue weighted by Gasteiger charge is 2.52. The fourth-order valence-corrected chi connectivity index (χ4v) is 4.75. The summed E-state index contributed by atoms with van der Waals surface area (Å²) in [5, 5.41) is 9.81. The van der Waals surface area contributed by atoms with E-state index in [9.17, 15) is 14.7 Å². The molecule has 2 unspecified atom stereocenters. The monoisotopic (exact) mass is 331 g/mol. The zero-order chi connectivity index (χ0) is 17.8. The first-order valence-electron chi connectivity index (χ1n) is 9.08. The molecule has 3 aliphatic carbocycles. The number of ketones is 1. The topological polar surface area (TPSA) is 57.6 Å². The first-order valence-corrected chi connectivity index (χ1v) is 9.08. The molecule has 1 aliphatic heterocycles. The highest BCUT2D eigenvalue weighted by molar-refractivity contribution is 6.26. The number of allylic oxidation sites excluding steroid dienone is 2. The molecule has 4 rings (SSSR count). The predicted octanol–water partition coefficient (Wildman–Crippen LogP) is 3.64. The standard InChI is InChI=1S/C20H29NO3/c1-11(2)8-16-18(23)17(12(3)22)19(24)21(16)10-13-6-7-14-9-15(13)20(14,4)5/h6,11,14-16,22H,7-10H2,1-5H3/t14?,15?,16-/m0/s1. The second-order valence-electron chi connectivity index (χ2n) is 8.72. The van der Waals surface area contributed by atoms with Gasteiger partial charge in [0.25, 0.3) is 5.91 Å². The maximum absolute atomic E-state index is 12.8. The Morgan fingerprint density at radius 3 is 2.54 bits per heavy atom. The average Bonchev–Trinajstić information content (AvgIpc) is 2.70. The molecule has 1 heterocycles. The molecule has 132 valence electrons. The molecule has 3 atom stereocenters. The average molecular weight is 331 g/mol. The second-order valence-corrected chi connectivity index (χ2v) is 8.72. The van der Waals surface area contributed by atoms with E-state index in [0.717, 1.165) is 12.3 Å². The Kier molecular flexibility index (Phi) is 4.13. The largest absolute Gasteiger partial charge is 0.512 e. The summed E-state index contributed by atoms with van der Waals surface area (Å²) in [6, 6.07) is -0.434. The van der Waals surface area contributed by atoms with Crippen LogP contribution < -0.4 is 0 Å². The van der Waals surface area contributed by atoms with Crippen LogP contribution in [0.5, 0.6) is 0 Å². The van der Waals surface area contributed by atoms with E-state index < -0.39 is 6.04 Å². The predicted molar refractivity (Wildman–Crippen MR) is 93.4 cm³/mol. The summed E-state index contributed by atoms with van der Waals surface area (Å²) in [4.78, 5) is 27.1. The minimum Gasteiger partial charge on any atom is -0.512 e. The van der Waals surface area contributed by atoms with Gasteiger partial charge in [0, 0.05) is 6.54 Å². The molecule has 0 aromatic rings. The van der Waals surface area contributed by atoms with Crippen molar-refractivity contribution in [3.05, 3.63) is 23.0 Å². The van der Waals surface area contributed by atoms with Crippen molar-refractivity contribution >= 4 is 11.7 Å². The van der Waals surface area contributed by atoms with Gasteiger partial charge in [0.05, 0.1) is 6.04 Å². The lowest BCUT2D eigenvalue weighted by Crippen LogP contribution is -2.50. The fraction of sp³-hybridized carbons (Fsp3) is 0.700. The van der Waals surface area contributed by atoms with Crippen LogP contribution in [0.15, 0.2) is 23.0 Å². The van der Waals surface area contributed by atoms with Gasteiger partial charge in [0.15, 0.2) is 5.78 Å². The van der Waals surface area contributed by atoms with E-state index in [4.69, 9.17) is 0 Å². The number of rotatable bonds is 4. The van der Waals surface area contributed by atoms with E-state index in [-0.39, 0.29) is 23.0 Å². The van der Waals surface area contributed by atoms with Gasteiger partial charge in [-0.1, -0.05) is 39.3 Å². The lowest BCUT2D eigenvalue weighted by Gasteiger charge is -2.57. The summed E-state index contributed by atoms with van der Waals surface area (Å²) in [5.41, 5.74) is 1.59. The summed E-state index contributed by atoms with van der Waals surface area (Å²) < 4.78 is 0. The maximum Gasteiger partial charge on any atom is 0.261 e. The summed E-state index contributed by atoms with van der Waals surface area (Å²) >= 11 is 0. The molecular weight excluding hydrogens is 302 g/mol. The SMILES string of the molecule is CC(O)=C1C(=O)[C@H](CC(C)C)N(CC2=CCC3CC2C3(C)C)C1=O. The van der Waals surface area contributed by atoms with E-state index in [1.165, 1.54) is 18.9 Å². The second kappa shape index (κ2) is 5.75. The number of hydrogen-bond donors (Lipinski definition) is 1. The molecule has 4 heteroatoms. The molecule has 0 spiro atoms. The van der Waals surface area contributed by atoms with Crippen LogP contribution in [0.25, 0.3) is 0 Å². The minimum absolute atomic E-state index is 0.0113. The van der Waals surface area contributed by atoms with Gasteiger partial charge in [-0.25, -0.2) is 0 Å². The van der Waals surface area contributed by atoms with Gasteiger partial charge < -0.3 is 10.0 Å². The van der Waals surface area contributed by atoms with Crippen molar-refractivity contribution in [2.45, 2.75) is 59.9 Å². The summed E-state index contributed by atoms with van der Waals surface area (Å²) in [5.74, 6) is 0.924. The molecule has 4 aliphatic rings. The van der Waals surface area contributed by atoms with Crippen LogP contribution in [-0.2, 0) is 9.59 Å². The van der Waals surface area contributed by atoms with E-state index >= 15 is 0 Å². The van der Waals surface area contributed by atoms with Gasteiger partial charge in [0.1, 0.15) is 11.3 Å². The Morgan fingerprint density at radius 1 is 1.38 bits per heavy atom. The number of amides is 1. The number of carbonyl (C=O) groups excluding carboxylic acids is 2. The third kappa shape index (κ3) is 2.51. The minimum atomic E-state index is -0.434. The Morgan fingerprint density at radius 2 is 2.04 bits per heavy atom. The number of Topliss-reactive ketones (excluding diaryl/α,β-unsaturated/α-hetero) is 1. The molecule has 0 radical (unpaired) electrons. The molecule has 2 fully saturated rings. The van der Waals surface area contributed by atoms with Crippen LogP contribution in [0, 0.1) is 23.2 Å². The van der Waals surface area contributed by atoms with Gasteiger partial charge in [-0.3, -0.25) is 9.59 Å². The van der Waals surface area contributed by atoms with Crippen molar-refractivity contribution in [2.24, 2.45) is 23.2 Å². The van der Waals surface area contributed by atoms with E-state index in [2.05, 4.69) is 33.8 Å². The summed E-state index contributed by atoms with van der Waals surface area (Å²) in [6.45, 7) is 10.7. The highest BCUT2D eigenvalue weighted by atomic mass is 16.3. The molecule has 1 amide bonds. The molecule has 4 nitrogen and oxygen atoms in total. The van der Waals surface area contributed by atoms with Crippen LogP contribution >= 0.6 is 0 Å². The van der Waals surface area contributed by atoms with Gasteiger partial charge >= 0.3 is 0 Å². The third-order valence-electron chi connectivity index (χ3n) is 6.39. The van der Waals surface area contributed by atoms with Crippen molar-refractivity contribution in [3.63, 3.8) is 0 Å². The lowest BCUT2D eigenvalue weighted by atomic mass is 9.49. The number of carbonyl (C=O) groups is 2. The van der Waals surface area contributed by atoms with Crippen LogP contribution in [-0.4, -0.2) is 34.3 Å². The van der Waals surface area contributed by atoms with Crippen molar-refractivity contribution in [1.29, 1.82) is 0 Å². The Hall–Kier alpha value is -1.58. The molecule has 24 heavy (non-hydrogen) atoms. The van der Waals surface area contributed by atoms with Crippen molar-refractivity contribution in [1.82, 2.24) is 4.90 Å². The van der Waals surface area contributed by atoms with E-state index in [1.807, 2.05) is 0 Å². The van der Waals surface area contributed by atoms with Gasteiger partial charge in [0.2, 0.25) is 0 Å². The zero-order valence-electron chi connectivity index (χ0n) is 15.4. The zero-order valence-corrected chi connectivity index (χ0v) is 15.4. The Balaban J connectivity index is 1.87. The Bertz CT molecular complexity index is 637. The summed E-state index contributed by atoms with van der Waals surface area (Å²) in [7, 11) is 0. The lowest BCUT2D eigenvalue weighted by molar-refractivity contribution is -0.127. The van der Waals surface area contributed by atoms with Crippen LogP contribution in [0.3, 0.4) is 0 Å². The number of aliphatic hydroxyl groups is 1. The van der Waals surface area contributed by atoms with E-state index in [0.29, 0.717) is 30.2 Å². The maximum atomic E-state index is 12.8. The fourth-order valence-electron chi connectivity index (χ4n) is 4.75. The third-order valence-corrected chi connectivity index (χ3v) is 6.39. The number of aliphatic hydroxyl groups excluding tert-OH is 1. The normalized spacial score (nSPS) is 33.7. The molecule has 1 saturated heterocycles. The van der Waals surface area contributed by atoms with Gasteiger partial charge in [-0.15, -0.1) is 0 Å². The smallest absolute Gasteiger partial charge is 0.261 e. The molecular formula is C20H29NO3. The molecule has 0 aromatic carbocycles. The first kappa shape index (κ1) is 17.2. The molecule has 1 N–H and O–H groups in total. The van der Waals surface area contributed by atoms with Crippen molar-refractivity contribution < 1.29 is 14.7 Å². The quantitative estimate of drug-likeness (QED) is 0.370. The van der Waals surface area contributed by atoms with Crippen LogP contribution in [0.2, 0.25) is 0 Å². The first-order chi connectivity index (χ1) is 11.1. The number of fused-ring (bicyclic) bond motifs is 1.